The molecule has 0 spiro atoms. The molecule has 23 heavy (non-hydrogen) atoms. The standard InChI is InChI=1S/C16H15FN2O3S/c17-8-10-1-3-11(4-2-10)16(21)19-6-5-12-7-13(15(20)18-22)23-14(12)9-19/h1-4,7,22H,5-6,8-9H2,(H,18,20). The minimum absolute atomic E-state index is 0.109. The Labute approximate surface area is 136 Å². The van der Waals surface area contributed by atoms with E-state index in [0.717, 1.165) is 10.4 Å². The molecule has 2 amide bonds. The molecule has 120 valence electrons. The fourth-order valence-corrected chi connectivity index (χ4v) is 3.70. The van der Waals surface area contributed by atoms with Crippen molar-refractivity contribution in [1.29, 1.82) is 0 Å². The van der Waals surface area contributed by atoms with Gasteiger partial charge in [-0.25, -0.2) is 9.87 Å². The van der Waals surface area contributed by atoms with Gasteiger partial charge in [0, 0.05) is 17.0 Å². The van der Waals surface area contributed by atoms with Crippen molar-refractivity contribution in [3.05, 3.63) is 56.8 Å². The second-order valence-corrected chi connectivity index (χ2v) is 6.44. The second-order valence-electron chi connectivity index (χ2n) is 5.31. The Morgan fingerprint density at radius 2 is 2.04 bits per heavy atom. The summed E-state index contributed by atoms with van der Waals surface area (Å²) in [6, 6.07) is 8.23. The minimum Gasteiger partial charge on any atom is -0.333 e. The zero-order valence-corrected chi connectivity index (χ0v) is 13.0. The first-order chi connectivity index (χ1) is 11.1. The van der Waals surface area contributed by atoms with Crippen LogP contribution in [0.4, 0.5) is 4.39 Å². The third kappa shape index (κ3) is 3.11. The van der Waals surface area contributed by atoms with Crippen LogP contribution in [0.15, 0.2) is 30.3 Å². The molecule has 0 bridgehead atoms. The fourth-order valence-electron chi connectivity index (χ4n) is 2.58. The number of thiophene rings is 1. The van der Waals surface area contributed by atoms with Crippen molar-refractivity contribution in [3.63, 3.8) is 0 Å². The van der Waals surface area contributed by atoms with Gasteiger partial charge in [0.05, 0.1) is 11.4 Å². The topological polar surface area (TPSA) is 69.6 Å². The van der Waals surface area contributed by atoms with E-state index in [-0.39, 0.29) is 5.91 Å². The summed E-state index contributed by atoms with van der Waals surface area (Å²) in [5, 5.41) is 8.70. The molecule has 0 radical (unpaired) electrons. The average molecular weight is 334 g/mol. The van der Waals surface area contributed by atoms with Crippen molar-refractivity contribution in [1.82, 2.24) is 10.4 Å². The number of nitrogens with zero attached hydrogens (tertiary/aromatic N) is 1. The van der Waals surface area contributed by atoms with E-state index in [9.17, 15) is 14.0 Å². The minimum atomic E-state index is -0.549. The molecule has 3 rings (SSSR count). The third-order valence-corrected chi connectivity index (χ3v) is 5.01. The van der Waals surface area contributed by atoms with Crippen LogP contribution in [-0.4, -0.2) is 28.5 Å². The predicted molar refractivity (Wildman–Crippen MR) is 83.3 cm³/mol. The number of hydrogen-bond donors (Lipinski definition) is 2. The van der Waals surface area contributed by atoms with Crippen LogP contribution < -0.4 is 5.48 Å². The maximum atomic E-state index is 12.5. The quantitative estimate of drug-likeness (QED) is 0.669. The van der Waals surface area contributed by atoms with Crippen molar-refractivity contribution in [3.8, 4) is 0 Å². The first kappa shape index (κ1) is 15.6. The first-order valence-electron chi connectivity index (χ1n) is 7.12. The van der Waals surface area contributed by atoms with Crippen LogP contribution in [0.2, 0.25) is 0 Å². The Morgan fingerprint density at radius 3 is 2.70 bits per heavy atom. The summed E-state index contributed by atoms with van der Waals surface area (Å²) in [5.41, 5.74) is 3.72. The maximum absolute atomic E-state index is 12.5. The molecule has 2 heterocycles. The molecule has 5 nitrogen and oxygen atoms in total. The molecule has 1 aliphatic heterocycles. The lowest BCUT2D eigenvalue weighted by Crippen LogP contribution is -2.35. The van der Waals surface area contributed by atoms with Gasteiger partial charge in [-0.15, -0.1) is 11.3 Å². The van der Waals surface area contributed by atoms with Crippen molar-refractivity contribution in [2.75, 3.05) is 6.54 Å². The van der Waals surface area contributed by atoms with E-state index < -0.39 is 12.6 Å². The number of fused-ring (bicyclic) bond motifs is 1. The number of nitrogens with one attached hydrogen (secondary N) is 1. The van der Waals surface area contributed by atoms with Gasteiger partial charge in [0.25, 0.3) is 11.8 Å². The SMILES string of the molecule is O=C(NO)c1cc2c(s1)CN(C(=O)c1ccc(CF)cc1)CC2. The third-order valence-electron chi connectivity index (χ3n) is 3.85. The van der Waals surface area contributed by atoms with Crippen LogP contribution in [0, 0.1) is 0 Å². The predicted octanol–water partition coefficient (Wildman–Crippen LogP) is 2.54. The Morgan fingerprint density at radius 1 is 1.30 bits per heavy atom. The smallest absolute Gasteiger partial charge is 0.284 e. The number of carbonyl (C=O) groups excluding carboxylic acids is 2. The van der Waals surface area contributed by atoms with Gasteiger partial charge in [-0.2, -0.15) is 0 Å². The normalized spacial score (nSPS) is 13.6. The molecule has 0 atom stereocenters. The van der Waals surface area contributed by atoms with Gasteiger partial charge in [-0.3, -0.25) is 14.8 Å². The number of alkyl halides is 1. The summed E-state index contributed by atoms with van der Waals surface area (Å²) in [6.07, 6.45) is 0.666. The Kier molecular flexibility index (Phi) is 4.40. The Hall–Kier alpha value is -2.25. The van der Waals surface area contributed by atoms with Gasteiger partial charge < -0.3 is 4.90 Å². The van der Waals surface area contributed by atoms with Crippen molar-refractivity contribution >= 4 is 23.2 Å². The van der Waals surface area contributed by atoms with Gasteiger partial charge in [0.1, 0.15) is 6.67 Å². The Bertz CT molecular complexity index is 742. The lowest BCUT2D eigenvalue weighted by Gasteiger charge is -2.27. The first-order valence-corrected chi connectivity index (χ1v) is 7.94. The zero-order valence-electron chi connectivity index (χ0n) is 12.2. The molecule has 0 fully saturated rings. The monoisotopic (exact) mass is 334 g/mol. The highest BCUT2D eigenvalue weighted by atomic mass is 32.1. The van der Waals surface area contributed by atoms with Gasteiger partial charge in [0.15, 0.2) is 0 Å². The van der Waals surface area contributed by atoms with E-state index in [1.165, 1.54) is 11.3 Å². The second kappa shape index (κ2) is 6.47. The van der Waals surface area contributed by atoms with Crippen LogP contribution >= 0.6 is 11.3 Å². The molecule has 7 heteroatoms. The molecule has 0 unspecified atom stereocenters. The van der Waals surface area contributed by atoms with Crippen molar-refractivity contribution < 1.29 is 19.2 Å². The summed E-state index contributed by atoms with van der Waals surface area (Å²) < 4.78 is 12.5. The summed E-state index contributed by atoms with van der Waals surface area (Å²) in [5.74, 6) is -0.647. The summed E-state index contributed by atoms with van der Waals surface area (Å²) >= 11 is 1.27. The van der Waals surface area contributed by atoms with Gasteiger partial charge in [-0.05, 0) is 35.7 Å². The van der Waals surface area contributed by atoms with Crippen LogP contribution in [0.1, 0.15) is 36.0 Å². The highest BCUT2D eigenvalue weighted by Gasteiger charge is 2.25. The van der Waals surface area contributed by atoms with Crippen LogP contribution in [-0.2, 0) is 19.6 Å². The van der Waals surface area contributed by atoms with E-state index in [1.807, 2.05) is 0 Å². The average Bonchev–Trinajstić information content (AvgIpc) is 3.03. The summed E-state index contributed by atoms with van der Waals surface area (Å²) in [7, 11) is 0. The molecule has 2 N–H and O–H groups in total. The van der Waals surface area contributed by atoms with Crippen LogP contribution in [0.3, 0.4) is 0 Å². The summed E-state index contributed by atoms with van der Waals surface area (Å²) in [4.78, 5) is 27.1. The summed E-state index contributed by atoms with van der Waals surface area (Å²) in [6.45, 7) is 0.447. The lowest BCUT2D eigenvalue weighted by molar-refractivity contribution is 0.0709. The number of halogens is 1. The number of hydroxylamine groups is 1. The maximum Gasteiger partial charge on any atom is 0.284 e. The van der Waals surface area contributed by atoms with E-state index in [2.05, 4.69) is 0 Å². The molecule has 0 aliphatic carbocycles. The van der Waals surface area contributed by atoms with Crippen LogP contribution in [0.5, 0.6) is 0 Å². The lowest BCUT2D eigenvalue weighted by atomic mass is 10.1. The zero-order chi connectivity index (χ0) is 16.4. The fraction of sp³-hybridized carbons (Fsp3) is 0.250. The van der Waals surface area contributed by atoms with Gasteiger partial charge >= 0.3 is 0 Å². The van der Waals surface area contributed by atoms with E-state index in [0.29, 0.717) is 35.5 Å². The molecule has 1 aliphatic rings. The number of amides is 2. The molecule has 0 saturated heterocycles. The number of carbonyl (C=O) groups is 2. The van der Waals surface area contributed by atoms with Crippen molar-refractivity contribution in [2.24, 2.45) is 0 Å². The van der Waals surface area contributed by atoms with Gasteiger partial charge in [-0.1, -0.05) is 12.1 Å². The molecular weight excluding hydrogens is 319 g/mol. The Balaban J connectivity index is 1.76. The molecule has 1 aromatic carbocycles. The highest BCUT2D eigenvalue weighted by Crippen LogP contribution is 2.29. The molecule has 1 aromatic heterocycles. The van der Waals surface area contributed by atoms with E-state index >= 15 is 0 Å². The molecular formula is C16H15FN2O3S. The number of hydrogen-bond acceptors (Lipinski definition) is 4. The molecule has 0 saturated carbocycles. The van der Waals surface area contributed by atoms with Gasteiger partial charge in [0.2, 0.25) is 0 Å². The highest BCUT2D eigenvalue weighted by molar-refractivity contribution is 7.14. The number of rotatable bonds is 3. The van der Waals surface area contributed by atoms with E-state index in [4.69, 9.17) is 5.21 Å². The van der Waals surface area contributed by atoms with E-state index in [1.54, 1.807) is 40.7 Å². The number of benzene rings is 1. The largest absolute Gasteiger partial charge is 0.333 e. The molecule has 2 aromatic rings. The van der Waals surface area contributed by atoms with Crippen molar-refractivity contribution in [2.45, 2.75) is 19.6 Å². The van der Waals surface area contributed by atoms with Crippen LogP contribution in [0.25, 0.3) is 0 Å².